The molecule has 2 heterocycles. The Kier molecular flexibility index (Phi) is 4.96. The second-order valence-electron chi connectivity index (χ2n) is 6.54. The Labute approximate surface area is 136 Å². The molecule has 1 aromatic carbocycles. The van der Waals surface area contributed by atoms with Crippen molar-refractivity contribution in [2.24, 2.45) is 11.7 Å². The minimum Gasteiger partial charge on any atom is -0.368 e. The summed E-state index contributed by atoms with van der Waals surface area (Å²) >= 11 is 0. The van der Waals surface area contributed by atoms with Gasteiger partial charge in [-0.1, -0.05) is 12.1 Å². The van der Waals surface area contributed by atoms with Crippen LogP contribution in [0.3, 0.4) is 0 Å². The van der Waals surface area contributed by atoms with Crippen molar-refractivity contribution in [1.82, 2.24) is 4.90 Å². The third-order valence-electron chi connectivity index (χ3n) is 4.89. The highest BCUT2D eigenvalue weighted by Crippen LogP contribution is 2.24. The van der Waals surface area contributed by atoms with Crippen molar-refractivity contribution < 1.29 is 14.3 Å². The van der Waals surface area contributed by atoms with Crippen LogP contribution in [0, 0.1) is 5.92 Å². The predicted molar refractivity (Wildman–Crippen MR) is 86.9 cm³/mol. The van der Waals surface area contributed by atoms with Gasteiger partial charge in [0.2, 0.25) is 5.91 Å². The van der Waals surface area contributed by atoms with E-state index in [9.17, 15) is 9.59 Å². The van der Waals surface area contributed by atoms with E-state index in [1.807, 2.05) is 17.0 Å². The Balaban J connectivity index is 1.48. The number of likely N-dealkylation sites (tertiary alicyclic amines) is 1. The SMILES string of the molecule is NC(=O)c1ccc(CC2CCN(C(=O)C3CCCO3)CC2)cc1. The zero-order valence-electron chi connectivity index (χ0n) is 13.4. The van der Waals surface area contributed by atoms with Crippen molar-refractivity contribution in [3.63, 3.8) is 0 Å². The maximum absolute atomic E-state index is 12.3. The topological polar surface area (TPSA) is 72.6 Å². The molecule has 23 heavy (non-hydrogen) atoms. The Morgan fingerprint density at radius 1 is 1.13 bits per heavy atom. The fraction of sp³-hybridized carbons (Fsp3) is 0.556. The van der Waals surface area contributed by atoms with E-state index in [1.165, 1.54) is 5.56 Å². The summed E-state index contributed by atoms with van der Waals surface area (Å²) in [6.07, 6.45) is 4.69. The summed E-state index contributed by atoms with van der Waals surface area (Å²) in [5.74, 6) is 0.368. The van der Waals surface area contributed by atoms with Gasteiger partial charge < -0.3 is 15.4 Å². The Bertz CT molecular complexity index is 556. The third kappa shape index (κ3) is 3.91. The average Bonchev–Trinajstić information content (AvgIpc) is 3.10. The molecular weight excluding hydrogens is 292 g/mol. The summed E-state index contributed by atoms with van der Waals surface area (Å²) in [6, 6.07) is 7.52. The molecule has 1 aromatic rings. The number of benzene rings is 1. The molecule has 0 spiro atoms. The summed E-state index contributed by atoms with van der Waals surface area (Å²) < 4.78 is 5.49. The van der Waals surface area contributed by atoms with Gasteiger partial charge in [-0.15, -0.1) is 0 Å². The minimum absolute atomic E-state index is 0.173. The van der Waals surface area contributed by atoms with Crippen molar-refractivity contribution in [1.29, 1.82) is 0 Å². The van der Waals surface area contributed by atoms with Crippen molar-refractivity contribution in [2.75, 3.05) is 19.7 Å². The molecular formula is C18H24N2O3. The lowest BCUT2D eigenvalue weighted by Gasteiger charge is -2.33. The summed E-state index contributed by atoms with van der Waals surface area (Å²) in [5, 5.41) is 0. The van der Waals surface area contributed by atoms with Gasteiger partial charge in [0.25, 0.3) is 5.91 Å². The van der Waals surface area contributed by atoms with Crippen LogP contribution in [0.15, 0.2) is 24.3 Å². The highest BCUT2D eigenvalue weighted by atomic mass is 16.5. The summed E-state index contributed by atoms with van der Waals surface area (Å²) in [5.41, 5.74) is 7.02. The van der Waals surface area contributed by atoms with Crippen LogP contribution in [0.25, 0.3) is 0 Å². The van der Waals surface area contributed by atoms with E-state index in [0.29, 0.717) is 18.1 Å². The van der Waals surface area contributed by atoms with E-state index in [4.69, 9.17) is 10.5 Å². The lowest BCUT2D eigenvalue weighted by Crippen LogP contribution is -2.44. The minimum atomic E-state index is -0.391. The van der Waals surface area contributed by atoms with Crippen LogP contribution in [0.1, 0.15) is 41.6 Å². The number of carbonyl (C=O) groups is 2. The van der Waals surface area contributed by atoms with Gasteiger partial charge in [0.15, 0.2) is 0 Å². The molecule has 0 radical (unpaired) electrons. The molecule has 2 saturated heterocycles. The van der Waals surface area contributed by atoms with E-state index in [0.717, 1.165) is 45.2 Å². The zero-order valence-corrected chi connectivity index (χ0v) is 13.4. The van der Waals surface area contributed by atoms with E-state index in [2.05, 4.69) is 0 Å². The number of ether oxygens (including phenoxy) is 1. The number of amides is 2. The first-order valence-electron chi connectivity index (χ1n) is 8.42. The smallest absolute Gasteiger partial charge is 0.251 e. The van der Waals surface area contributed by atoms with Crippen LogP contribution in [0.2, 0.25) is 0 Å². The average molecular weight is 316 g/mol. The van der Waals surface area contributed by atoms with E-state index < -0.39 is 5.91 Å². The van der Waals surface area contributed by atoms with Gasteiger partial charge in [-0.3, -0.25) is 9.59 Å². The van der Waals surface area contributed by atoms with Gasteiger partial charge >= 0.3 is 0 Å². The maximum atomic E-state index is 12.3. The summed E-state index contributed by atoms with van der Waals surface area (Å²) in [4.78, 5) is 25.4. The first-order chi connectivity index (χ1) is 11.1. The van der Waals surface area contributed by atoms with Crippen LogP contribution in [0.4, 0.5) is 0 Å². The highest BCUT2D eigenvalue weighted by molar-refractivity contribution is 5.92. The molecule has 2 amide bonds. The second-order valence-corrected chi connectivity index (χ2v) is 6.54. The first kappa shape index (κ1) is 16.0. The van der Waals surface area contributed by atoms with Gasteiger partial charge in [0.05, 0.1) is 0 Å². The van der Waals surface area contributed by atoms with E-state index in [-0.39, 0.29) is 12.0 Å². The Morgan fingerprint density at radius 2 is 1.83 bits per heavy atom. The summed E-state index contributed by atoms with van der Waals surface area (Å²) in [7, 11) is 0. The van der Waals surface area contributed by atoms with Gasteiger partial charge in [0, 0.05) is 25.3 Å². The number of nitrogens with two attached hydrogens (primary N) is 1. The van der Waals surface area contributed by atoms with Crippen molar-refractivity contribution in [3.8, 4) is 0 Å². The molecule has 2 aliphatic rings. The lowest BCUT2D eigenvalue weighted by molar-refractivity contribution is -0.142. The van der Waals surface area contributed by atoms with Crippen molar-refractivity contribution >= 4 is 11.8 Å². The molecule has 124 valence electrons. The van der Waals surface area contributed by atoms with Crippen LogP contribution in [-0.4, -0.2) is 42.5 Å². The van der Waals surface area contributed by atoms with Crippen LogP contribution in [0.5, 0.6) is 0 Å². The molecule has 0 aliphatic carbocycles. The standard InChI is InChI=1S/C18H24N2O3/c19-17(21)15-5-3-13(4-6-15)12-14-7-9-20(10-8-14)18(22)16-2-1-11-23-16/h3-6,14,16H,1-2,7-12H2,(H2,19,21). The monoisotopic (exact) mass is 316 g/mol. The molecule has 0 bridgehead atoms. The van der Waals surface area contributed by atoms with Gasteiger partial charge in [-0.25, -0.2) is 0 Å². The molecule has 0 aromatic heterocycles. The van der Waals surface area contributed by atoms with Crippen LogP contribution >= 0.6 is 0 Å². The predicted octanol–water partition coefficient (Wildman–Crippen LogP) is 1.75. The molecule has 1 unspecified atom stereocenters. The molecule has 2 aliphatic heterocycles. The number of nitrogens with zero attached hydrogens (tertiary/aromatic N) is 1. The number of carbonyl (C=O) groups excluding carboxylic acids is 2. The fourth-order valence-electron chi connectivity index (χ4n) is 3.47. The molecule has 2 fully saturated rings. The molecule has 2 N–H and O–H groups in total. The highest BCUT2D eigenvalue weighted by Gasteiger charge is 2.30. The number of hydrogen-bond donors (Lipinski definition) is 1. The van der Waals surface area contributed by atoms with Crippen molar-refractivity contribution in [3.05, 3.63) is 35.4 Å². The van der Waals surface area contributed by atoms with Gasteiger partial charge in [0.1, 0.15) is 6.10 Å². The number of rotatable bonds is 4. The molecule has 0 saturated carbocycles. The Hall–Kier alpha value is -1.88. The maximum Gasteiger partial charge on any atom is 0.251 e. The Morgan fingerprint density at radius 3 is 2.39 bits per heavy atom. The van der Waals surface area contributed by atoms with E-state index in [1.54, 1.807) is 12.1 Å². The largest absolute Gasteiger partial charge is 0.368 e. The van der Waals surface area contributed by atoms with Gasteiger partial charge in [-0.2, -0.15) is 0 Å². The van der Waals surface area contributed by atoms with Crippen molar-refractivity contribution in [2.45, 2.75) is 38.2 Å². The summed E-state index contributed by atoms with van der Waals surface area (Å²) in [6.45, 7) is 2.36. The number of hydrogen-bond acceptors (Lipinski definition) is 3. The van der Waals surface area contributed by atoms with Crippen LogP contribution in [-0.2, 0) is 16.0 Å². The number of primary amides is 1. The fourth-order valence-corrected chi connectivity index (χ4v) is 3.47. The third-order valence-corrected chi connectivity index (χ3v) is 4.89. The lowest BCUT2D eigenvalue weighted by atomic mass is 9.89. The first-order valence-corrected chi connectivity index (χ1v) is 8.42. The normalized spacial score (nSPS) is 22.3. The quantitative estimate of drug-likeness (QED) is 0.919. The molecule has 5 heteroatoms. The van der Waals surface area contributed by atoms with E-state index >= 15 is 0 Å². The zero-order chi connectivity index (χ0) is 16.2. The molecule has 5 nitrogen and oxygen atoms in total. The van der Waals surface area contributed by atoms with Crippen LogP contribution < -0.4 is 5.73 Å². The molecule has 3 rings (SSSR count). The second kappa shape index (κ2) is 7.13. The molecule has 1 atom stereocenters. The van der Waals surface area contributed by atoms with Gasteiger partial charge in [-0.05, 0) is 55.7 Å². The number of piperidine rings is 1.